The van der Waals surface area contributed by atoms with Gasteiger partial charge >= 0.3 is 0 Å². The van der Waals surface area contributed by atoms with Gasteiger partial charge in [-0.05, 0) is 31.4 Å². The monoisotopic (exact) mass is 361 g/mol. The highest BCUT2D eigenvalue weighted by Gasteiger charge is 2.20. The summed E-state index contributed by atoms with van der Waals surface area (Å²) in [5, 5.41) is 2.53. The van der Waals surface area contributed by atoms with Crippen molar-refractivity contribution >= 4 is 24.2 Å². The van der Waals surface area contributed by atoms with E-state index in [9.17, 15) is 18.4 Å². The van der Waals surface area contributed by atoms with Crippen molar-refractivity contribution in [1.82, 2.24) is 10.2 Å². The number of nitrogens with zero attached hydrogens (tertiary/aromatic N) is 1. The summed E-state index contributed by atoms with van der Waals surface area (Å²) in [5.41, 5.74) is 5.58. The molecular weight excluding hydrogens is 340 g/mol. The molecule has 1 heterocycles. The first-order valence-corrected chi connectivity index (χ1v) is 7.74. The fourth-order valence-corrected chi connectivity index (χ4v) is 2.52. The molecule has 0 atom stereocenters. The van der Waals surface area contributed by atoms with Gasteiger partial charge in [0, 0.05) is 38.2 Å². The van der Waals surface area contributed by atoms with Crippen molar-refractivity contribution in [3.05, 3.63) is 35.4 Å². The molecule has 1 aromatic carbocycles. The van der Waals surface area contributed by atoms with Crippen molar-refractivity contribution in [1.29, 1.82) is 0 Å². The van der Waals surface area contributed by atoms with Crippen LogP contribution in [0.15, 0.2) is 18.2 Å². The lowest BCUT2D eigenvalue weighted by Crippen LogP contribution is -2.43. The van der Waals surface area contributed by atoms with Gasteiger partial charge in [-0.25, -0.2) is 8.78 Å². The first-order chi connectivity index (χ1) is 11.0. The molecule has 24 heavy (non-hydrogen) atoms. The Morgan fingerprint density at radius 1 is 1.25 bits per heavy atom. The Balaban J connectivity index is 0.00000288. The minimum absolute atomic E-state index is 0. The van der Waals surface area contributed by atoms with Crippen molar-refractivity contribution in [2.75, 3.05) is 19.6 Å². The molecule has 2 rings (SSSR count). The Kier molecular flexibility index (Phi) is 8.07. The van der Waals surface area contributed by atoms with Crippen LogP contribution in [0.3, 0.4) is 0 Å². The van der Waals surface area contributed by atoms with Gasteiger partial charge in [0.15, 0.2) is 0 Å². The molecule has 2 amide bonds. The van der Waals surface area contributed by atoms with Crippen LogP contribution in [0, 0.1) is 11.6 Å². The molecular formula is C16H22ClF2N3O2. The zero-order valence-electron chi connectivity index (χ0n) is 13.3. The summed E-state index contributed by atoms with van der Waals surface area (Å²) in [6.07, 6.45) is 2.41. The molecule has 0 unspecified atom stereocenters. The molecule has 3 N–H and O–H groups in total. The largest absolute Gasteiger partial charge is 0.352 e. The summed E-state index contributed by atoms with van der Waals surface area (Å²) in [5.74, 6) is -2.20. The standard InChI is InChI=1S/C16H21F2N3O2.ClH/c17-11-3-4-13(14(18)10-11)16(23)20-7-1-2-15(22)21-8-5-12(19)6-9-21;/h3-4,10,12H,1-2,5-9,19H2,(H,20,23);1H. The predicted octanol–water partition coefficient (Wildman–Crippen LogP) is 1.85. The molecule has 1 saturated heterocycles. The van der Waals surface area contributed by atoms with Crippen LogP contribution in [0.1, 0.15) is 36.0 Å². The fourth-order valence-electron chi connectivity index (χ4n) is 2.52. The summed E-state index contributed by atoms with van der Waals surface area (Å²) in [4.78, 5) is 25.5. The van der Waals surface area contributed by atoms with E-state index in [0.29, 0.717) is 32.0 Å². The topological polar surface area (TPSA) is 75.4 Å². The molecule has 0 spiro atoms. The Morgan fingerprint density at radius 2 is 1.92 bits per heavy atom. The summed E-state index contributed by atoms with van der Waals surface area (Å²) >= 11 is 0. The smallest absolute Gasteiger partial charge is 0.254 e. The van der Waals surface area contributed by atoms with Crippen LogP contribution in [0.4, 0.5) is 8.78 Å². The number of hydrogen-bond donors (Lipinski definition) is 2. The second-order valence-electron chi connectivity index (χ2n) is 5.70. The van der Waals surface area contributed by atoms with Crippen molar-refractivity contribution in [3.63, 3.8) is 0 Å². The average molecular weight is 362 g/mol. The van der Waals surface area contributed by atoms with Crippen LogP contribution < -0.4 is 11.1 Å². The van der Waals surface area contributed by atoms with Crippen LogP contribution in [0.2, 0.25) is 0 Å². The number of carbonyl (C=O) groups excluding carboxylic acids is 2. The molecule has 1 aliphatic heterocycles. The number of halogens is 3. The molecule has 0 bridgehead atoms. The molecule has 1 aromatic rings. The number of benzene rings is 1. The lowest BCUT2D eigenvalue weighted by Gasteiger charge is -2.30. The van der Waals surface area contributed by atoms with Crippen molar-refractivity contribution < 1.29 is 18.4 Å². The molecule has 0 saturated carbocycles. The van der Waals surface area contributed by atoms with Crippen molar-refractivity contribution in [2.24, 2.45) is 5.73 Å². The minimum Gasteiger partial charge on any atom is -0.352 e. The number of piperidine rings is 1. The SMILES string of the molecule is Cl.NC1CCN(C(=O)CCCNC(=O)c2ccc(F)cc2F)CC1. The molecule has 0 aliphatic carbocycles. The average Bonchev–Trinajstić information content (AvgIpc) is 2.51. The van der Waals surface area contributed by atoms with Gasteiger partial charge < -0.3 is 16.0 Å². The maximum atomic E-state index is 13.4. The van der Waals surface area contributed by atoms with Gasteiger partial charge in [0.2, 0.25) is 5.91 Å². The first-order valence-electron chi connectivity index (χ1n) is 7.74. The van der Waals surface area contributed by atoms with E-state index in [-0.39, 0.29) is 36.5 Å². The van der Waals surface area contributed by atoms with Crippen LogP contribution in [-0.2, 0) is 4.79 Å². The van der Waals surface area contributed by atoms with E-state index >= 15 is 0 Å². The lowest BCUT2D eigenvalue weighted by molar-refractivity contribution is -0.132. The highest BCUT2D eigenvalue weighted by Crippen LogP contribution is 2.11. The van der Waals surface area contributed by atoms with Crippen LogP contribution in [0.5, 0.6) is 0 Å². The number of amides is 2. The molecule has 1 aliphatic rings. The molecule has 1 fully saturated rings. The Hall–Kier alpha value is -1.73. The number of rotatable bonds is 5. The lowest BCUT2D eigenvalue weighted by atomic mass is 10.1. The zero-order valence-corrected chi connectivity index (χ0v) is 14.1. The highest BCUT2D eigenvalue weighted by molar-refractivity contribution is 5.94. The van der Waals surface area contributed by atoms with E-state index in [1.165, 1.54) is 0 Å². The van der Waals surface area contributed by atoms with Gasteiger partial charge in [-0.15, -0.1) is 12.4 Å². The predicted molar refractivity (Wildman–Crippen MR) is 89.0 cm³/mol. The Bertz CT molecular complexity index is 578. The van der Waals surface area contributed by atoms with Crippen LogP contribution in [-0.4, -0.2) is 42.4 Å². The third kappa shape index (κ3) is 5.72. The van der Waals surface area contributed by atoms with E-state index in [0.717, 1.165) is 25.0 Å². The highest BCUT2D eigenvalue weighted by atomic mass is 35.5. The molecule has 0 radical (unpaired) electrons. The molecule has 134 valence electrons. The van der Waals surface area contributed by atoms with Gasteiger partial charge in [-0.1, -0.05) is 0 Å². The third-order valence-corrected chi connectivity index (χ3v) is 3.92. The van der Waals surface area contributed by atoms with Crippen molar-refractivity contribution in [2.45, 2.75) is 31.7 Å². The minimum atomic E-state index is -0.900. The zero-order chi connectivity index (χ0) is 16.8. The number of likely N-dealkylation sites (tertiary alicyclic amines) is 1. The second kappa shape index (κ2) is 9.54. The molecule has 8 heteroatoms. The Morgan fingerprint density at radius 3 is 2.54 bits per heavy atom. The van der Waals surface area contributed by atoms with E-state index in [4.69, 9.17) is 5.73 Å². The number of hydrogen-bond acceptors (Lipinski definition) is 3. The normalized spacial score (nSPS) is 14.9. The quantitative estimate of drug-likeness (QED) is 0.786. The summed E-state index contributed by atoms with van der Waals surface area (Å²) < 4.78 is 26.2. The third-order valence-electron chi connectivity index (χ3n) is 3.92. The second-order valence-corrected chi connectivity index (χ2v) is 5.70. The summed E-state index contributed by atoms with van der Waals surface area (Å²) in [7, 11) is 0. The molecule has 0 aromatic heterocycles. The van der Waals surface area contributed by atoms with Gasteiger partial charge in [-0.3, -0.25) is 9.59 Å². The first kappa shape index (κ1) is 20.3. The van der Waals surface area contributed by atoms with Crippen molar-refractivity contribution in [3.8, 4) is 0 Å². The van der Waals surface area contributed by atoms with Gasteiger partial charge in [0.1, 0.15) is 11.6 Å². The maximum absolute atomic E-state index is 13.4. The maximum Gasteiger partial charge on any atom is 0.254 e. The van der Waals surface area contributed by atoms with E-state index in [2.05, 4.69) is 5.32 Å². The van der Waals surface area contributed by atoms with E-state index in [1.807, 2.05) is 0 Å². The number of nitrogens with one attached hydrogen (secondary N) is 1. The number of carbonyl (C=O) groups is 2. The van der Waals surface area contributed by atoms with E-state index in [1.54, 1.807) is 4.90 Å². The van der Waals surface area contributed by atoms with Gasteiger partial charge in [0.25, 0.3) is 5.91 Å². The van der Waals surface area contributed by atoms with Crippen LogP contribution in [0.25, 0.3) is 0 Å². The fraction of sp³-hybridized carbons (Fsp3) is 0.500. The summed E-state index contributed by atoms with van der Waals surface area (Å²) in [6.45, 7) is 1.61. The molecule has 5 nitrogen and oxygen atoms in total. The summed E-state index contributed by atoms with van der Waals surface area (Å²) in [6, 6.07) is 2.97. The van der Waals surface area contributed by atoms with Gasteiger partial charge in [-0.2, -0.15) is 0 Å². The van der Waals surface area contributed by atoms with E-state index < -0.39 is 17.5 Å². The van der Waals surface area contributed by atoms with Crippen LogP contribution >= 0.6 is 12.4 Å². The number of nitrogens with two attached hydrogens (primary N) is 1. The van der Waals surface area contributed by atoms with Gasteiger partial charge in [0.05, 0.1) is 5.56 Å². The Labute approximate surface area is 146 Å².